The number of aromatic nitrogens is 2. The maximum Gasteiger partial charge on any atom is 0.337 e. The lowest BCUT2D eigenvalue weighted by Crippen LogP contribution is -2.30. The van der Waals surface area contributed by atoms with E-state index >= 15 is 0 Å². The van der Waals surface area contributed by atoms with Gasteiger partial charge in [-0.2, -0.15) is 0 Å². The summed E-state index contributed by atoms with van der Waals surface area (Å²) in [6.07, 6.45) is 8.12. The highest BCUT2D eigenvalue weighted by Gasteiger charge is 2.33. The molecular formula is C27H30N2O4. The van der Waals surface area contributed by atoms with Crippen molar-refractivity contribution in [1.82, 2.24) is 9.55 Å². The van der Waals surface area contributed by atoms with Gasteiger partial charge in [-0.1, -0.05) is 36.4 Å². The van der Waals surface area contributed by atoms with Crippen LogP contribution in [0.15, 0.2) is 61.1 Å². The molecule has 6 nitrogen and oxygen atoms in total. The van der Waals surface area contributed by atoms with Crippen molar-refractivity contribution in [2.75, 3.05) is 7.11 Å². The zero-order valence-corrected chi connectivity index (χ0v) is 18.9. The van der Waals surface area contributed by atoms with Gasteiger partial charge in [-0.05, 0) is 61.3 Å². The van der Waals surface area contributed by atoms with Crippen LogP contribution in [0.4, 0.5) is 0 Å². The Labute approximate surface area is 194 Å². The third kappa shape index (κ3) is 4.45. The van der Waals surface area contributed by atoms with Crippen LogP contribution in [0.5, 0.6) is 0 Å². The van der Waals surface area contributed by atoms with E-state index in [9.17, 15) is 9.90 Å². The number of aliphatic hydroxyl groups is 1. The summed E-state index contributed by atoms with van der Waals surface area (Å²) in [5.41, 5.74) is 5.15. The molecule has 0 amide bonds. The molecule has 1 aromatic heterocycles. The largest absolute Gasteiger partial charge is 0.465 e. The predicted octanol–water partition coefficient (Wildman–Crippen LogP) is 4.77. The molecule has 0 bridgehead atoms. The summed E-state index contributed by atoms with van der Waals surface area (Å²) in [6, 6.07) is 16.0. The van der Waals surface area contributed by atoms with Crippen LogP contribution in [-0.2, 0) is 16.1 Å². The molecule has 1 saturated carbocycles. The van der Waals surface area contributed by atoms with Crippen LogP contribution in [0.3, 0.4) is 0 Å². The summed E-state index contributed by atoms with van der Waals surface area (Å²) in [4.78, 5) is 16.1. The molecule has 1 fully saturated rings. The zero-order valence-electron chi connectivity index (χ0n) is 18.9. The van der Waals surface area contributed by atoms with E-state index in [1.54, 1.807) is 6.07 Å². The van der Waals surface area contributed by atoms with Gasteiger partial charge in [-0.3, -0.25) is 0 Å². The third-order valence-electron chi connectivity index (χ3n) is 7.16. The molecule has 1 aliphatic heterocycles. The van der Waals surface area contributed by atoms with E-state index in [0.29, 0.717) is 18.6 Å². The normalized spacial score (nSPS) is 22.4. The molecule has 6 heteroatoms. The number of carbonyl (C=O) groups excluding carboxylic acids is 1. The number of carbonyl (C=O) groups is 1. The van der Waals surface area contributed by atoms with Gasteiger partial charge in [0, 0.05) is 5.56 Å². The van der Waals surface area contributed by atoms with Crippen LogP contribution < -0.4 is 0 Å². The first kappa shape index (κ1) is 21.9. The van der Waals surface area contributed by atoms with Crippen molar-refractivity contribution in [2.45, 2.75) is 57.0 Å². The van der Waals surface area contributed by atoms with Crippen molar-refractivity contribution in [3.63, 3.8) is 0 Å². The van der Waals surface area contributed by atoms with Crippen LogP contribution in [0.25, 0.3) is 11.3 Å². The Balaban J connectivity index is 1.14. The highest BCUT2D eigenvalue weighted by Crippen LogP contribution is 2.42. The highest BCUT2D eigenvalue weighted by molar-refractivity contribution is 5.89. The van der Waals surface area contributed by atoms with Gasteiger partial charge in [0.2, 0.25) is 0 Å². The summed E-state index contributed by atoms with van der Waals surface area (Å²) in [6.45, 7) is 0.477. The Kier molecular flexibility index (Phi) is 6.29. The van der Waals surface area contributed by atoms with Crippen LogP contribution in [-0.4, -0.2) is 39.9 Å². The van der Waals surface area contributed by atoms with Crippen molar-refractivity contribution in [1.29, 1.82) is 0 Å². The van der Waals surface area contributed by atoms with Crippen LogP contribution in [0.2, 0.25) is 0 Å². The Morgan fingerprint density at radius 2 is 1.97 bits per heavy atom. The standard InChI is InChI=1S/C27H30N2O4/c1-32-27(31)20-6-4-5-18(13-20)16-33-21-11-9-19(10-12-21)26(30)14-24-22-7-2-3-8-23(22)25-15-28-17-29(24)25/h2-8,13,15,17,19,21,24,26,30H,9-12,14,16H2,1H3/t19-,21-,24?,26?. The van der Waals surface area contributed by atoms with Crippen molar-refractivity contribution in [2.24, 2.45) is 5.92 Å². The number of benzene rings is 2. The van der Waals surface area contributed by atoms with Crippen LogP contribution in [0.1, 0.15) is 59.6 Å². The van der Waals surface area contributed by atoms with Gasteiger partial charge < -0.3 is 19.1 Å². The molecular weight excluding hydrogens is 416 g/mol. The molecule has 2 atom stereocenters. The average Bonchev–Trinajstić information content (AvgIpc) is 3.45. The lowest BCUT2D eigenvalue weighted by Gasteiger charge is -2.32. The number of hydrogen-bond donors (Lipinski definition) is 1. The van der Waals surface area contributed by atoms with E-state index in [1.807, 2.05) is 30.7 Å². The second kappa shape index (κ2) is 9.49. The van der Waals surface area contributed by atoms with Crippen LogP contribution >= 0.6 is 0 Å². The Morgan fingerprint density at radius 1 is 1.15 bits per heavy atom. The fourth-order valence-corrected chi connectivity index (χ4v) is 5.35. The van der Waals surface area contributed by atoms with E-state index in [0.717, 1.165) is 36.9 Å². The number of ether oxygens (including phenoxy) is 2. The van der Waals surface area contributed by atoms with Gasteiger partial charge >= 0.3 is 5.97 Å². The minimum atomic E-state index is -0.353. The molecule has 0 spiro atoms. The lowest BCUT2D eigenvalue weighted by atomic mass is 9.81. The fourth-order valence-electron chi connectivity index (χ4n) is 5.35. The summed E-state index contributed by atoms with van der Waals surface area (Å²) in [5, 5.41) is 11.1. The van der Waals surface area contributed by atoms with Crippen molar-refractivity contribution >= 4 is 5.97 Å². The first-order chi connectivity index (χ1) is 16.1. The fraction of sp³-hybridized carbons (Fsp3) is 0.407. The Bertz CT molecular complexity index is 1120. The van der Waals surface area contributed by atoms with Crippen LogP contribution in [0, 0.1) is 5.92 Å². The average molecular weight is 447 g/mol. The minimum absolute atomic E-state index is 0.143. The molecule has 2 aliphatic rings. The second-order valence-electron chi connectivity index (χ2n) is 9.13. The quantitative estimate of drug-likeness (QED) is 0.530. The zero-order chi connectivity index (χ0) is 22.8. The molecule has 1 N–H and O–H groups in total. The van der Waals surface area contributed by atoms with Gasteiger partial charge in [0.05, 0.1) is 55.7 Å². The van der Waals surface area contributed by atoms with Gasteiger partial charge in [-0.25, -0.2) is 9.78 Å². The molecule has 172 valence electrons. The molecule has 2 aromatic carbocycles. The number of nitrogens with zero attached hydrogens (tertiary/aromatic N) is 2. The number of rotatable bonds is 7. The van der Waals surface area contributed by atoms with E-state index in [2.05, 4.69) is 33.8 Å². The number of aliphatic hydroxyl groups excluding tert-OH is 1. The molecule has 0 saturated heterocycles. The summed E-state index contributed by atoms with van der Waals surface area (Å²) in [5.74, 6) is -0.0497. The smallest absolute Gasteiger partial charge is 0.337 e. The van der Waals surface area contributed by atoms with Gasteiger partial charge in [0.1, 0.15) is 0 Å². The maximum absolute atomic E-state index is 11.7. The van der Waals surface area contributed by atoms with E-state index < -0.39 is 0 Å². The van der Waals surface area contributed by atoms with E-state index in [-0.39, 0.29) is 30.1 Å². The summed E-state index contributed by atoms with van der Waals surface area (Å²) >= 11 is 0. The van der Waals surface area contributed by atoms with E-state index in [1.165, 1.54) is 18.2 Å². The topological polar surface area (TPSA) is 73.6 Å². The molecule has 1 aliphatic carbocycles. The predicted molar refractivity (Wildman–Crippen MR) is 125 cm³/mol. The minimum Gasteiger partial charge on any atom is -0.465 e. The number of fused-ring (bicyclic) bond motifs is 3. The first-order valence-corrected chi connectivity index (χ1v) is 11.7. The number of imidazole rings is 1. The molecule has 0 radical (unpaired) electrons. The van der Waals surface area contributed by atoms with Gasteiger partial charge in [0.15, 0.2) is 0 Å². The maximum atomic E-state index is 11.7. The second-order valence-corrected chi connectivity index (χ2v) is 9.13. The highest BCUT2D eigenvalue weighted by atomic mass is 16.5. The van der Waals surface area contributed by atoms with Crippen molar-refractivity contribution in [3.8, 4) is 11.3 Å². The van der Waals surface area contributed by atoms with Gasteiger partial charge in [0.25, 0.3) is 0 Å². The van der Waals surface area contributed by atoms with E-state index in [4.69, 9.17) is 9.47 Å². The molecule has 5 rings (SSSR count). The monoisotopic (exact) mass is 446 g/mol. The third-order valence-corrected chi connectivity index (χ3v) is 7.16. The Hall–Kier alpha value is -2.96. The SMILES string of the molecule is COC(=O)c1cccc(CO[C@H]2CC[C@H](C(O)CC3c4ccccc4-c4cncn43)CC2)c1. The summed E-state index contributed by atoms with van der Waals surface area (Å²) < 4.78 is 13.1. The Morgan fingerprint density at radius 3 is 2.79 bits per heavy atom. The number of methoxy groups -OCH3 is 1. The number of esters is 1. The molecule has 3 aromatic rings. The summed E-state index contributed by atoms with van der Waals surface area (Å²) in [7, 11) is 1.39. The van der Waals surface area contributed by atoms with Crippen molar-refractivity contribution < 1.29 is 19.4 Å². The number of hydrogen-bond acceptors (Lipinski definition) is 5. The van der Waals surface area contributed by atoms with Gasteiger partial charge in [-0.15, -0.1) is 0 Å². The lowest BCUT2D eigenvalue weighted by molar-refractivity contribution is -0.0160. The van der Waals surface area contributed by atoms with Crippen molar-refractivity contribution in [3.05, 3.63) is 77.7 Å². The molecule has 2 unspecified atom stereocenters. The molecule has 33 heavy (non-hydrogen) atoms. The first-order valence-electron chi connectivity index (χ1n) is 11.7. The molecule has 2 heterocycles.